The van der Waals surface area contributed by atoms with E-state index in [1.54, 1.807) is 0 Å². The molecule has 0 radical (unpaired) electrons. The van der Waals surface area contributed by atoms with Gasteiger partial charge in [-0.2, -0.15) is 0 Å². The Balaban J connectivity index is 6.67. The molecule has 0 unspecified atom stereocenters. The zero-order chi connectivity index (χ0) is 63.3. The number of aliphatic hydroxyl groups is 2. The summed E-state index contributed by atoms with van der Waals surface area (Å²) in [6.45, 7) is -1.96. The van der Waals surface area contributed by atoms with Crippen LogP contribution in [0.4, 0.5) is 0 Å². The van der Waals surface area contributed by atoms with E-state index in [9.17, 15) is 127 Å². The number of aliphatic hydroxyl groups excluding tert-OH is 2. The van der Waals surface area contributed by atoms with Gasteiger partial charge in [-0.05, 0) is 12.8 Å². The van der Waals surface area contributed by atoms with Crippen molar-refractivity contribution >= 4 is 113 Å². The van der Waals surface area contributed by atoms with Crippen LogP contribution in [0.25, 0.3) is 0 Å². The first-order chi connectivity index (χ1) is 38.0. The van der Waals surface area contributed by atoms with E-state index >= 15 is 0 Å². The molecule has 0 fully saturated rings. The fourth-order valence-electron chi connectivity index (χ4n) is 6.50. The number of amides is 12. The number of primary amides is 2. The highest BCUT2D eigenvalue weighted by Crippen LogP contribution is 2.08. The molecule has 456 valence electrons. The lowest BCUT2D eigenvalue weighted by Crippen LogP contribution is -2.62. The highest BCUT2D eigenvalue weighted by molar-refractivity contribution is 6.01. The number of hydrogen-bond acceptors (Lipinski definition) is 21. The lowest BCUT2D eigenvalue weighted by molar-refractivity contribution is -0.145. The van der Waals surface area contributed by atoms with Gasteiger partial charge in [0.25, 0.3) is 0 Å². The van der Waals surface area contributed by atoms with Gasteiger partial charge in [0, 0.05) is 19.8 Å². The predicted molar refractivity (Wildman–Crippen MR) is 257 cm³/mol. The Kier molecular flexibility index (Phi) is 31.0. The van der Waals surface area contributed by atoms with Crippen LogP contribution < -0.4 is 64.6 Å². The Bertz CT molecular complexity index is 2470. The highest BCUT2D eigenvalue weighted by Gasteiger charge is 2.38. The molecule has 40 heteroatoms. The van der Waals surface area contributed by atoms with Gasteiger partial charge in [-0.3, -0.25) is 86.3 Å². The monoisotopic (exact) mass is 1180 g/mol. The Morgan fingerprint density at radius 2 is 0.500 bits per heavy atom. The molecule has 0 heterocycles. The summed E-state index contributed by atoms with van der Waals surface area (Å²) in [5.74, 6) is -29.8. The molecule has 0 aliphatic heterocycles. The summed E-state index contributed by atoms with van der Waals surface area (Å²) in [6.07, 6.45) is -10.9. The largest absolute Gasteiger partial charge is 0.481 e. The van der Waals surface area contributed by atoms with Crippen LogP contribution in [0.2, 0.25) is 0 Å². The van der Waals surface area contributed by atoms with Gasteiger partial charge in [-0.15, -0.1) is 0 Å². The van der Waals surface area contributed by atoms with Crippen LogP contribution in [-0.4, -0.2) is 232 Å². The van der Waals surface area contributed by atoms with Crippen LogP contribution in [0.3, 0.4) is 0 Å². The summed E-state index contributed by atoms with van der Waals surface area (Å²) < 4.78 is 0. The first-order valence-corrected chi connectivity index (χ1v) is 23.3. The van der Waals surface area contributed by atoms with Gasteiger partial charge in [0.2, 0.25) is 70.9 Å². The highest BCUT2D eigenvalue weighted by atomic mass is 16.4. The molecule has 0 bridgehead atoms. The van der Waals surface area contributed by atoms with Crippen molar-refractivity contribution in [2.75, 3.05) is 13.2 Å². The number of carbonyl (C=O) groups is 19. The summed E-state index contributed by atoms with van der Waals surface area (Å²) in [6, 6.07) is -21.7. The molecule has 23 N–H and O–H groups in total. The molecule has 0 rings (SSSR count). The number of rotatable bonds is 40. The first-order valence-electron chi connectivity index (χ1n) is 23.3. The van der Waals surface area contributed by atoms with Crippen molar-refractivity contribution in [3.63, 3.8) is 0 Å². The molecule has 0 spiro atoms. The maximum Gasteiger partial charge on any atom is 0.326 e. The number of aliphatic carboxylic acids is 7. The molecule has 40 nitrogen and oxygen atoms in total. The van der Waals surface area contributed by atoms with E-state index in [0.29, 0.717) is 0 Å². The summed E-state index contributed by atoms with van der Waals surface area (Å²) in [4.78, 5) is 235. The molecule has 0 aromatic carbocycles. The first kappa shape index (κ1) is 71.8. The van der Waals surface area contributed by atoms with Crippen LogP contribution in [0.5, 0.6) is 0 Å². The van der Waals surface area contributed by atoms with Gasteiger partial charge < -0.3 is 111 Å². The summed E-state index contributed by atoms with van der Waals surface area (Å²) in [7, 11) is 0. The number of carbonyl (C=O) groups excluding carboxylic acids is 12. The Morgan fingerprint density at radius 3 is 0.732 bits per heavy atom. The fourth-order valence-corrected chi connectivity index (χ4v) is 6.50. The number of nitrogens with two attached hydrogens (primary N) is 2. The third-order valence-electron chi connectivity index (χ3n) is 10.4. The summed E-state index contributed by atoms with van der Waals surface area (Å²) in [5, 5.41) is 104. The molecule has 0 aromatic heterocycles. The van der Waals surface area contributed by atoms with Crippen molar-refractivity contribution in [2.45, 2.75) is 132 Å². The Hall–Kier alpha value is -10.1. The number of carboxylic acids is 7. The van der Waals surface area contributed by atoms with E-state index in [-0.39, 0.29) is 0 Å². The minimum atomic E-state index is -2.37. The third kappa shape index (κ3) is 28.5. The Labute approximate surface area is 458 Å². The Morgan fingerprint density at radius 1 is 0.293 bits per heavy atom. The van der Waals surface area contributed by atoms with Crippen molar-refractivity contribution in [1.82, 2.24) is 53.2 Å². The van der Waals surface area contributed by atoms with Crippen LogP contribution >= 0.6 is 0 Å². The van der Waals surface area contributed by atoms with Crippen LogP contribution in [0, 0.1) is 0 Å². The van der Waals surface area contributed by atoms with E-state index in [4.69, 9.17) is 21.7 Å². The second-order valence-electron chi connectivity index (χ2n) is 17.1. The SMILES string of the molecule is CC(=O)N[C@H](CC(=O)O)C(=O)N[C@H](CC(N)=O)C(=O)N[C@H](CC(=O)O)C(=O)N[C@H](CO)C(=O)N[C@H](CCC(=O)O)C(=O)N[C@H](CC(=O)O)C(=O)N[C@H](CC(N)=O)C(=O)N[C@H](CO)C(=O)N[C@H](CC(=O)O)C(=O)N[C@H](CCC(=O)O)C(=O)O. The van der Waals surface area contributed by atoms with Gasteiger partial charge in [-0.1, -0.05) is 0 Å². The van der Waals surface area contributed by atoms with Crippen molar-refractivity contribution in [2.24, 2.45) is 11.5 Å². The molecule has 10 atom stereocenters. The van der Waals surface area contributed by atoms with E-state index in [0.717, 1.165) is 6.92 Å². The van der Waals surface area contributed by atoms with E-state index in [1.165, 1.54) is 0 Å². The molecule has 0 aliphatic rings. The maximum atomic E-state index is 13.6. The number of nitrogens with one attached hydrogen (secondary N) is 10. The van der Waals surface area contributed by atoms with Crippen LogP contribution in [-0.2, 0) is 91.1 Å². The molecule has 0 aromatic rings. The molecule has 82 heavy (non-hydrogen) atoms. The number of carboxylic acid groups (broad SMARTS) is 7. The van der Waals surface area contributed by atoms with Crippen molar-refractivity contribution in [3.05, 3.63) is 0 Å². The molecule has 12 amide bonds. The van der Waals surface area contributed by atoms with Gasteiger partial charge in [0.15, 0.2) is 0 Å². The molecule has 0 saturated carbocycles. The smallest absolute Gasteiger partial charge is 0.326 e. The third-order valence-corrected chi connectivity index (χ3v) is 10.4. The van der Waals surface area contributed by atoms with E-state index in [2.05, 4.69) is 0 Å². The van der Waals surface area contributed by atoms with E-state index < -0.39 is 251 Å². The van der Waals surface area contributed by atoms with Crippen LogP contribution in [0.15, 0.2) is 0 Å². The zero-order valence-electron chi connectivity index (χ0n) is 42.7. The normalized spacial score (nSPS) is 14.3. The molecular weight excluding hydrogens is 1120 g/mol. The standard InChI is InChI=1S/C42H60N12O28/c1-14(57)45-19(8-29(64)65)36(75)48-17(6-25(43)58)34(73)51-22(11-32(70)71)39(78)54-23(12-55)40(79)46-15(2-4-27(60)61)33(72)50-21(10-31(68)69)38(77)49-18(7-26(44)59)35(74)53-24(13-56)41(80)52-20(9-30(66)67)37(76)47-16(42(81)82)3-5-28(62)63/h15-24,55-56H,2-13H2,1H3,(H2,43,58)(H2,44,59)(H,45,57)(H,46,79)(H,47,76)(H,48,75)(H,49,77)(H,50,72)(H,51,73)(H,52,80)(H,53,74)(H,54,78)(H,60,61)(H,62,63)(H,64,65)(H,66,67)(H,68,69)(H,70,71)(H,81,82)/t15-,16-,17-,18-,19-,20-,21-,22-,23-,24-/m1/s1. The summed E-state index contributed by atoms with van der Waals surface area (Å²) in [5.41, 5.74) is 10.3. The van der Waals surface area contributed by atoms with Crippen molar-refractivity contribution in [1.29, 1.82) is 0 Å². The predicted octanol–water partition coefficient (Wildman–Crippen LogP) is -11.7. The molecule has 0 saturated heterocycles. The quantitative estimate of drug-likeness (QED) is 0.0271. The molecule has 0 aliphatic carbocycles. The average Bonchev–Trinajstić information content (AvgIpc) is 3.35. The van der Waals surface area contributed by atoms with Gasteiger partial charge >= 0.3 is 41.8 Å². The van der Waals surface area contributed by atoms with Crippen LogP contribution in [0.1, 0.15) is 71.1 Å². The van der Waals surface area contributed by atoms with Gasteiger partial charge in [0.05, 0.1) is 51.7 Å². The summed E-state index contributed by atoms with van der Waals surface area (Å²) >= 11 is 0. The zero-order valence-corrected chi connectivity index (χ0v) is 42.7. The average molecular weight is 1180 g/mol. The minimum Gasteiger partial charge on any atom is -0.481 e. The topological polar surface area (TPSA) is 679 Å². The lowest BCUT2D eigenvalue weighted by Gasteiger charge is -2.27. The fraction of sp³-hybridized carbons (Fsp3) is 0.548. The number of hydrogen-bond donors (Lipinski definition) is 21. The minimum absolute atomic E-state index is 0.715. The van der Waals surface area contributed by atoms with Gasteiger partial charge in [-0.25, -0.2) is 4.79 Å². The second-order valence-corrected chi connectivity index (χ2v) is 17.1. The second kappa shape index (κ2) is 35.4. The van der Waals surface area contributed by atoms with Crippen molar-refractivity contribution in [3.8, 4) is 0 Å². The molecular formula is C42H60N12O28. The van der Waals surface area contributed by atoms with Gasteiger partial charge in [0.1, 0.15) is 60.4 Å². The lowest BCUT2D eigenvalue weighted by atomic mass is 10.1. The van der Waals surface area contributed by atoms with Crippen molar-refractivity contribution < 1.29 is 137 Å². The van der Waals surface area contributed by atoms with E-state index in [1.807, 2.05) is 53.2 Å². The maximum absolute atomic E-state index is 13.6.